The lowest BCUT2D eigenvalue weighted by molar-refractivity contribution is -0.142. The number of aryl methyl sites for hydroxylation is 2. The van der Waals surface area contributed by atoms with E-state index in [0.29, 0.717) is 33.7 Å². The normalized spacial score (nSPS) is 20.2. The Labute approximate surface area is 374 Å². The third kappa shape index (κ3) is 10.1. The van der Waals surface area contributed by atoms with Crippen LogP contribution in [0, 0.1) is 5.92 Å². The van der Waals surface area contributed by atoms with Crippen LogP contribution in [0.1, 0.15) is 77.8 Å². The topological polar surface area (TPSA) is 182 Å². The van der Waals surface area contributed by atoms with Gasteiger partial charge in [0.2, 0.25) is 11.8 Å². The van der Waals surface area contributed by atoms with Crippen molar-refractivity contribution in [3.8, 4) is 22.8 Å². The van der Waals surface area contributed by atoms with E-state index >= 15 is 0 Å². The summed E-state index contributed by atoms with van der Waals surface area (Å²) in [4.78, 5) is 63.1. The van der Waals surface area contributed by atoms with Gasteiger partial charge in [-0.1, -0.05) is 62.9 Å². The summed E-state index contributed by atoms with van der Waals surface area (Å²) in [6, 6.07) is 18.9. The molecule has 64 heavy (non-hydrogen) atoms. The van der Waals surface area contributed by atoms with E-state index in [9.17, 15) is 27.6 Å². The van der Waals surface area contributed by atoms with Crippen molar-refractivity contribution in [2.45, 2.75) is 114 Å². The summed E-state index contributed by atoms with van der Waals surface area (Å²) in [5, 5.41) is 6.28. The number of pyridine rings is 1. The van der Waals surface area contributed by atoms with Crippen LogP contribution in [-0.2, 0) is 42.0 Å². The number of methoxy groups -OCH3 is 1. The van der Waals surface area contributed by atoms with E-state index in [1.165, 1.54) is 40.3 Å². The lowest BCUT2D eigenvalue weighted by Gasteiger charge is -2.34. The molecule has 4 atom stereocenters. The number of aromatic nitrogens is 1. The van der Waals surface area contributed by atoms with Gasteiger partial charge in [-0.2, -0.15) is 0 Å². The van der Waals surface area contributed by atoms with Crippen molar-refractivity contribution in [2.75, 3.05) is 13.7 Å². The zero-order chi connectivity index (χ0) is 46.0. The van der Waals surface area contributed by atoms with Crippen LogP contribution in [0.2, 0.25) is 0 Å². The third-order valence-electron chi connectivity index (χ3n) is 11.9. The van der Waals surface area contributed by atoms with Crippen LogP contribution in [0.4, 0.5) is 4.79 Å². The summed E-state index contributed by atoms with van der Waals surface area (Å²) in [6.45, 7) is 12.4. The van der Waals surface area contributed by atoms with Crippen LogP contribution in [-0.4, -0.2) is 85.1 Å². The predicted molar refractivity (Wildman–Crippen MR) is 243 cm³/mol. The molecule has 7 rings (SSSR count). The Morgan fingerprint density at radius 3 is 2.38 bits per heavy atom. The van der Waals surface area contributed by atoms with Crippen molar-refractivity contribution in [3.63, 3.8) is 0 Å². The number of carbonyl (C=O) groups is 4. The molecule has 0 spiro atoms. The molecule has 0 radical (unpaired) electrons. The highest BCUT2D eigenvalue weighted by Crippen LogP contribution is 2.37. The Morgan fingerprint density at radius 1 is 0.969 bits per heavy atom. The Hall–Kier alpha value is -6.22. The van der Waals surface area contributed by atoms with Crippen molar-refractivity contribution in [1.29, 1.82) is 0 Å². The summed E-state index contributed by atoms with van der Waals surface area (Å²) in [6.07, 6.45) is 5.91. The minimum absolute atomic E-state index is 0.00919. The number of nitrogens with one attached hydrogen (secondary N) is 3. The zero-order valence-corrected chi connectivity index (χ0v) is 38.0. The van der Waals surface area contributed by atoms with Gasteiger partial charge in [0.05, 0.1) is 29.8 Å². The molecule has 1 fully saturated rings. The molecule has 0 saturated carbocycles. The molecule has 1 aromatic heterocycles. The zero-order valence-electron chi connectivity index (χ0n) is 37.2. The minimum atomic E-state index is -4.33. The van der Waals surface area contributed by atoms with Crippen molar-refractivity contribution in [1.82, 2.24) is 25.2 Å². The number of carbonyl (C=O) groups excluding carboxylic acids is 4. The molecule has 338 valence electrons. The molecule has 4 aromatic rings. The Balaban J connectivity index is 1.24. The molecule has 4 amide bonds. The Kier molecular flexibility index (Phi) is 13.2. The van der Waals surface area contributed by atoms with Crippen molar-refractivity contribution in [3.05, 3.63) is 108 Å². The van der Waals surface area contributed by atoms with E-state index in [2.05, 4.69) is 40.1 Å². The molecule has 3 aliphatic rings. The highest BCUT2D eigenvalue weighted by Gasteiger charge is 2.49. The van der Waals surface area contributed by atoms with Gasteiger partial charge in [-0.05, 0) is 106 Å². The van der Waals surface area contributed by atoms with Gasteiger partial charge in [-0.15, -0.1) is 0 Å². The third-order valence-corrected chi connectivity index (χ3v) is 13.3. The molecule has 15 heteroatoms. The average Bonchev–Trinajstić information content (AvgIpc) is 3.89. The first-order chi connectivity index (χ1) is 30.4. The van der Waals surface area contributed by atoms with Crippen LogP contribution in [0.15, 0.2) is 102 Å². The predicted octanol–water partition coefficient (Wildman–Crippen LogP) is 6.95. The Morgan fingerprint density at radius 2 is 1.70 bits per heavy atom. The fraction of sp³-hybridized carbons (Fsp3) is 0.408. The van der Waals surface area contributed by atoms with Crippen molar-refractivity contribution >= 4 is 44.7 Å². The van der Waals surface area contributed by atoms with E-state index in [-0.39, 0.29) is 30.7 Å². The van der Waals surface area contributed by atoms with E-state index < -0.39 is 69.1 Å². The van der Waals surface area contributed by atoms with Gasteiger partial charge in [0.1, 0.15) is 40.8 Å². The lowest BCUT2D eigenvalue weighted by Crippen LogP contribution is -2.62. The lowest BCUT2D eigenvalue weighted by atomic mass is 9.90. The molecule has 2 heterocycles. The molecule has 0 unspecified atom stereocenters. The smallest absolute Gasteiger partial charge is 0.408 e. The van der Waals surface area contributed by atoms with E-state index in [1.54, 1.807) is 66.0 Å². The second-order valence-corrected chi connectivity index (χ2v) is 19.8. The number of hydrogen-bond acceptors (Lipinski definition) is 10. The quantitative estimate of drug-likeness (QED) is 0.127. The highest BCUT2D eigenvalue weighted by molar-refractivity contribution is 7.90. The first-order valence-electron chi connectivity index (χ1n) is 21.7. The summed E-state index contributed by atoms with van der Waals surface area (Å²) in [5.41, 5.74) is 2.89. The van der Waals surface area contributed by atoms with Gasteiger partial charge in [-0.25, -0.2) is 22.9 Å². The maximum Gasteiger partial charge on any atom is 0.408 e. The number of ether oxygens (including phenoxy) is 3. The summed E-state index contributed by atoms with van der Waals surface area (Å²) in [7, 11) is -2.75. The number of allylic oxidation sites excluding steroid dienone is 1. The van der Waals surface area contributed by atoms with E-state index in [1.807, 2.05) is 18.2 Å². The number of likely N-dealkylation sites (tertiary alicyclic amines) is 1. The number of benzene rings is 3. The van der Waals surface area contributed by atoms with Gasteiger partial charge in [0.15, 0.2) is 0 Å². The standard InChI is InChI=1S/C49H57N5O9S/c1-8-31-22-23-49(28-31,46(57)53-64(59,60)37-16-10-9-11-17-37)52-44(55)41-26-36(29-54(41)45(56)43(30(2)3)51-47(58)63-48(4,5)6)62-42-27-39(50-40-25-35(61-7)20-21-38(40)42)34-19-18-32-14-12-13-15-33(32)24-34/h8-11,16-22,24-25,27,30,36,41,43H,1,12-15,23,26,28-29H2,2-7H3,(H,51,58)(H,52,55)(H,53,57)/t36-,41+,43+,49-/m1/s1. The minimum Gasteiger partial charge on any atom is -0.497 e. The average molecular weight is 892 g/mol. The van der Waals surface area contributed by atoms with Crippen LogP contribution >= 0.6 is 0 Å². The fourth-order valence-electron chi connectivity index (χ4n) is 8.60. The van der Waals surface area contributed by atoms with E-state index in [4.69, 9.17) is 19.2 Å². The van der Waals surface area contributed by atoms with Crippen LogP contribution in [0.5, 0.6) is 11.5 Å². The number of hydrogen-bond donors (Lipinski definition) is 3. The second-order valence-electron chi connectivity index (χ2n) is 18.1. The van der Waals surface area contributed by atoms with Gasteiger partial charge in [-0.3, -0.25) is 14.4 Å². The molecule has 2 aliphatic carbocycles. The van der Waals surface area contributed by atoms with Crippen LogP contribution in [0.25, 0.3) is 22.2 Å². The molecule has 3 aromatic carbocycles. The van der Waals surface area contributed by atoms with Crippen LogP contribution in [0.3, 0.4) is 0 Å². The molecule has 3 N–H and O–H groups in total. The maximum absolute atomic E-state index is 14.8. The summed E-state index contributed by atoms with van der Waals surface area (Å²) >= 11 is 0. The van der Waals surface area contributed by atoms with Gasteiger partial charge in [0, 0.05) is 35.9 Å². The first-order valence-corrected chi connectivity index (χ1v) is 23.2. The molecular weight excluding hydrogens is 835 g/mol. The molecule has 14 nitrogen and oxygen atoms in total. The summed E-state index contributed by atoms with van der Waals surface area (Å²) in [5.74, 6) is -1.56. The van der Waals surface area contributed by atoms with Gasteiger partial charge >= 0.3 is 6.09 Å². The fourth-order valence-corrected chi connectivity index (χ4v) is 9.67. The molecule has 1 saturated heterocycles. The van der Waals surface area contributed by atoms with Gasteiger partial charge in [0.25, 0.3) is 15.9 Å². The molecule has 1 aliphatic heterocycles. The van der Waals surface area contributed by atoms with Gasteiger partial charge < -0.3 is 29.7 Å². The number of rotatable bonds is 13. The SMILES string of the molecule is C=CC1=CC[C@](NC(=O)[C@@H]2C[C@@H](Oc3cc(-c4ccc5c(c4)CCCC5)nc4cc(OC)ccc34)CN2C(=O)[C@@H](NC(=O)OC(C)(C)C)C(C)C)(C(=O)NS(=O)(=O)c2ccccc2)C1. The first kappa shape index (κ1) is 45.8. The van der Waals surface area contributed by atoms with Crippen molar-refractivity contribution in [2.24, 2.45) is 5.92 Å². The maximum atomic E-state index is 14.8. The molecular formula is C49H57N5O9S. The number of amides is 4. The number of fused-ring (bicyclic) bond motifs is 2. The monoisotopic (exact) mass is 891 g/mol. The second kappa shape index (κ2) is 18.5. The van der Waals surface area contributed by atoms with Crippen LogP contribution < -0.4 is 24.8 Å². The highest BCUT2D eigenvalue weighted by atomic mass is 32.2. The largest absolute Gasteiger partial charge is 0.497 e. The van der Waals surface area contributed by atoms with E-state index in [0.717, 1.165) is 31.2 Å². The number of sulfonamides is 1. The molecule has 0 bridgehead atoms. The van der Waals surface area contributed by atoms with Crippen molar-refractivity contribution < 1.29 is 41.8 Å². The Bertz CT molecular complexity index is 2610. The number of alkyl carbamates (subject to hydrolysis) is 1. The number of nitrogens with zero attached hydrogens (tertiary/aromatic N) is 2. The summed E-state index contributed by atoms with van der Waals surface area (Å²) < 4.78 is 46.9.